The third-order valence-corrected chi connectivity index (χ3v) is 10.7. The summed E-state index contributed by atoms with van der Waals surface area (Å²) in [4.78, 5) is 0. The van der Waals surface area contributed by atoms with E-state index in [4.69, 9.17) is 10.8 Å². The molecule has 0 spiro atoms. The molecule has 3 aliphatic carbocycles. The van der Waals surface area contributed by atoms with Crippen LogP contribution in [0.2, 0.25) is 0 Å². The van der Waals surface area contributed by atoms with Crippen LogP contribution in [-0.4, -0.2) is 53.9 Å². The molecule has 0 heterocycles. The van der Waals surface area contributed by atoms with Gasteiger partial charge in [0.25, 0.3) is 0 Å². The molecule has 6 nitrogen and oxygen atoms in total. The van der Waals surface area contributed by atoms with Gasteiger partial charge in [0, 0.05) is 29.4 Å². The smallest absolute Gasteiger partial charge is 0.108 e. The molecule has 0 bridgehead atoms. The fourth-order valence-electron chi connectivity index (χ4n) is 8.14. The number of nitrogens with two attached hydrogens (primary N) is 1. The van der Waals surface area contributed by atoms with Gasteiger partial charge in [-0.25, -0.2) is 0 Å². The Morgan fingerprint density at radius 1 is 1.02 bits per heavy atom. The summed E-state index contributed by atoms with van der Waals surface area (Å²) >= 11 is 0. The molecule has 3 aliphatic rings. The molecule has 0 saturated heterocycles. The largest absolute Gasteiger partial charge is 0.405 e. The van der Waals surface area contributed by atoms with E-state index in [0.29, 0.717) is 30.2 Å². The van der Waals surface area contributed by atoms with Crippen LogP contribution in [0.3, 0.4) is 0 Å². The number of unbranched alkanes of at least 4 members (excludes halogenated alkanes) is 2. The Bertz CT molecular complexity index is 744. The molecule has 9 atom stereocenters. The van der Waals surface area contributed by atoms with Crippen LogP contribution in [-0.2, 0) is 0 Å². The molecule has 0 amide bonds. The fourth-order valence-corrected chi connectivity index (χ4v) is 8.14. The number of aliphatic hydroxyl groups excluding tert-OH is 3. The van der Waals surface area contributed by atoms with Crippen molar-refractivity contribution in [3.8, 4) is 0 Å². The highest BCUT2D eigenvalue weighted by molar-refractivity contribution is 5.31. The Morgan fingerprint density at radius 2 is 1.57 bits per heavy atom. The Labute approximate surface area is 262 Å². The average molecular weight is 598 g/mol. The fraction of sp³-hybridized carbons (Fsp3) is 0.889. The van der Waals surface area contributed by atoms with Gasteiger partial charge in [-0.2, -0.15) is 0 Å². The zero-order valence-corrected chi connectivity index (χ0v) is 30.2. The summed E-state index contributed by atoms with van der Waals surface area (Å²) in [6, 6.07) is 0.634. The Morgan fingerprint density at radius 3 is 2.02 bits per heavy atom. The van der Waals surface area contributed by atoms with Crippen molar-refractivity contribution in [2.75, 3.05) is 20.2 Å². The van der Waals surface area contributed by atoms with Crippen molar-refractivity contribution < 1.29 is 15.3 Å². The van der Waals surface area contributed by atoms with E-state index in [-0.39, 0.29) is 28.8 Å². The molecule has 0 aliphatic heterocycles. The lowest BCUT2D eigenvalue weighted by Crippen LogP contribution is -2.63. The van der Waals surface area contributed by atoms with Crippen LogP contribution in [0.15, 0.2) is 24.4 Å². The second kappa shape index (κ2) is 20.9. The second-order valence-electron chi connectivity index (χ2n) is 12.7. The summed E-state index contributed by atoms with van der Waals surface area (Å²) in [5.74, 6) is 1.35. The number of nitrogens with one attached hydrogen (secondary N) is 2. The molecule has 3 saturated carbocycles. The van der Waals surface area contributed by atoms with Gasteiger partial charge in [0.2, 0.25) is 0 Å². The van der Waals surface area contributed by atoms with Gasteiger partial charge in [0.05, 0.1) is 6.10 Å². The van der Waals surface area contributed by atoms with E-state index in [0.717, 1.165) is 45.1 Å². The van der Waals surface area contributed by atoms with Crippen LogP contribution in [0.4, 0.5) is 0 Å². The zero-order chi connectivity index (χ0) is 33.3. The molecule has 0 aromatic rings. The topological polar surface area (TPSA) is 111 Å². The first kappa shape index (κ1) is 43.2. The van der Waals surface area contributed by atoms with E-state index < -0.39 is 12.3 Å². The number of hydrogen-bond donors (Lipinski definition) is 6. The maximum absolute atomic E-state index is 11.7. The summed E-state index contributed by atoms with van der Waals surface area (Å²) in [7, 11) is 1.95. The van der Waals surface area contributed by atoms with E-state index in [2.05, 4.69) is 58.8 Å². The van der Waals surface area contributed by atoms with Gasteiger partial charge in [0.15, 0.2) is 0 Å². The number of allylic oxidation sites excluding steroid dienone is 2. The summed E-state index contributed by atoms with van der Waals surface area (Å²) in [6.45, 7) is 30.4. The molecule has 0 aromatic carbocycles. The van der Waals surface area contributed by atoms with E-state index >= 15 is 0 Å². The van der Waals surface area contributed by atoms with E-state index in [1.165, 1.54) is 5.57 Å². The molecular formula is C36H75N3O3. The lowest BCUT2D eigenvalue weighted by molar-refractivity contribution is -0.183. The number of aliphatic hydroxyl groups is 3. The summed E-state index contributed by atoms with van der Waals surface area (Å²) in [5, 5.41) is 38.2. The normalized spacial score (nSPS) is 36.3. The quantitative estimate of drug-likeness (QED) is 0.0949. The monoisotopic (exact) mass is 598 g/mol. The first-order valence-corrected chi connectivity index (χ1v) is 17.3. The first-order valence-electron chi connectivity index (χ1n) is 17.3. The average Bonchev–Trinajstić information content (AvgIpc) is 3.26. The minimum absolute atomic E-state index is 0.105. The maximum atomic E-state index is 11.7. The molecule has 7 N–H and O–H groups in total. The van der Waals surface area contributed by atoms with Crippen molar-refractivity contribution in [3.05, 3.63) is 24.4 Å². The third kappa shape index (κ3) is 9.30. The van der Waals surface area contributed by atoms with Crippen molar-refractivity contribution in [3.63, 3.8) is 0 Å². The van der Waals surface area contributed by atoms with Crippen LogP contribution >= 0.6 is 0 Å². The SMILES string of the molecule is C=CC1(C)/C(=C\N)CCC2C3CC(C)C(C(O)NCCCCCO)C3(C)CC(O)C21C.CC.CC.CC.CNC(C)C. The molecule has 0 radical (unpaired) electrons. The van der Waals surface area contributed by atoms with Crippen molar-refractivity contribution in [1.82, 2.24) is 10.6 Å². The molecule has 9 unspecified atom stereocenters. The number of rotatable bonds is 9. The molecule has 252 valence electrons. The van der Waals surface area contributed by atoms with Crippen molar-refractivity contribution >= 4 is 0 Å². The highest BCUT2D eigenvalue weighted by Crippen LogP contribution is 2.71. The third-order valence-electron chi connectivity index (χ3n) is 10.7. The lowest BCUT2D eigenvalue weighted by atomic mass is 9.40. The maximum Gasteiger partial charge on any atom is 0.108 e. The Kier molecular flexibility index (Phi) is 21.5. The van der Waals surface area contributed by atoms with Gasteiger partial charge < -0.3 is 26.4 Å². The predicted molar refractivity (Wildman–Crippen MR) is 184 cm³/mol. The molecule has 42 heavy (non-hydrogen) atoms. The molecule has 0 aromatic heterocycles. The van der Waals surface area contributed by atoms with E-state index in [1.807, 2.05) is 54.7 Å². The van der Waals surface area contributed by atoms with Crippen LogP contribution in [0.25, 0.3) is 0 Å². The van der Waals surface area contributed by atoms with Gasteiger partial charge in [-0.3, -0.25) is 5.32 Å². The van der Waals surface area contributed by atoms with Crippen LogP contribution < -0.4 is 16.4 Å². The molecule has 3 fully saturated rings. The number of fused-ring (bicyclic) bond motifs is 3. The molecule has 6 heteroatoms. The summed E-state index contributed by atoms with van der Waals surface area (Å²) < 4.78 is 0. The van der Waals surface area contributed by atoms with Crippen molar-refractivity contribution in [2.45, 2.75) is 146 Å². The minimum atomic E-state index is -0.565. The Balaban J connectivity index is 0. The highest BCUT2D eigenvalue weighted by Gasteiger charge is 2.68. The van der Waals surface area contributed by atoms with Crippen molar-refractivity contribution in [2.24, 2.45) is 45.7 Å². The van der Waals surface area contributed by atoms with E-state index in [9.17, 15) is 10.2 Å². The first-order chi connectivity index (χ1) is 19.9. The van der Waals surface area contributed by atoms with Crippen LogP contribution in [0.1, 0.15) is 128 Å². The van der Waals surface area contributed by atoms with Gasteiger partial charge in [-0.05, 0) is 93.5 Å². The van der Waals surface area contributed by atoms with Gasteiger partial charge in [-0.15, -0.1) is 6.58 Å². The minimum Gasteiger partial charge on any atom is -0.405 e. The van der Waals surface area contributed by atoms with E-state index in [1.54, 1.807) is 6.20 Å². The summed E-state index contributed by atoms with van der Waals surface area (Å²) in [5.41, 5.74) is 6.48. The number of hydrogen-bond acceptors (Lipinski definition) is 6. The van der Waals surface area contributed by atoms with Gasteiger partial charge in [0.1, 0.15) is 6.23 Å². The summed E-state index contributed by atoms with van der Waals surface area (Å²) in [6.07, 6.45) is 9.22. The standard InChI is InChI=1S/C26H46N2O3.C4H11N.3C2H6/c1-6-25(4)18(16-27)10-11-19-20-14-17(2)22(23(31)28-12-8-7-9-13-29)24(20,3)15-21(30)26(19,25)5;1-4(2)5-3;3*1-2/h6,16-17,19-23,28-31H,1,7-15,27H2,2-5H3;4-5H,1-3H3;3*1-2H3/b18-16-;;;;. The predicted octanol–water partition coefficient (Wildman–Crippen LogP) is 7.24. The molecular weight excluding hydrogens is 522 g/mol. The highest BCUT2D eigenvalue weighted by atomic mass is 16.3. The van der Waals surface area contributed by atoms with Crippen LogP contribution in [0, 0.1) is 39.9 Å². The zero-order valence-electron chi connectivity index (χ0n) is 30.2. The van der Waals surface area contributed by atoms with Crippen LogP contribution in [0.5, 0.6) is 0 Å². The van der Waals surface area contributed by atoms with Gasteiger partial charge in [-0.1, -0.05) is 89.2 Å². The second-order valence-corrected chi connectivity index (χ2v) is 12.7. The van der Waals surface area contributed by atoms with Crippen molar-refractivity contribution in [1.29, 1.82) is 0 Å². The van der Waals surface area contributed by atoms with Gasteiger partial charge >= 0.3 is 0 Å². The molecule has 3 rings (SSSR count). The lowest BCUT2D eigenvalue weighted by Gasteiger charge is -2.65. The Hall–Kier alpha value is -0.920.